The van der Waals surface area contributed by atoms with Crippen LogP contribution in [0.4, 0.5) is 11.4 Å². The molecule has 0 radical (unpaired) electrons. The van der Waals surface area contributed by atoms with Gasteiger partial charge in [-0.15, -0.1) is 0 Å². The molecule has 1 aromatic carbocycles. The summed E-state index contributed by atoms with van der Waals surface area (Å²) in [5.41, 5.74) is 0.377. The molecule has 3 rings (SSSR count). The third-order valence-electron chi connectivity index (χ3n) is 5.45. The number of nitrogens with zero attached hydrogens (tertiary/aromatic N) is 4. The number of rotatable bonds is 4. The Morgan fingerprint density at radius 3 is 2.22 bits per heavy atom. The Morgan fingerprint density at radius 2 is 1.67 bits per heavy atom. The number of benzene rings is 1. The molecule has 2 saturated heterocycles. The lowest BCUT2D eigenvalue weighted by Crippen LogP contribution is -2.47. The summed E-state index contributed by atoms with van der Waals surface area (Å²) >= 11 is 0. The molecule has 0 bridgehead atoms. The number of hydrogen-bond donors (Lipinski definition) is 0. The van der Waals surface area contributed by atoms with Crippen LogP contribution in [0, 0.1) is 22.0 Å². The van der Waals surface area contributed by atoms with E-state index in [9.17, 15) is 18.5 Å². The van der Waals surface area contributed by atoms with Crippen molar-refractivity contribution in [2.45, 2.75) is 25.2 Å². The molecular weight excluding hydrogens is 368 g/mol. The van der Waals surface area contributed by atoms with Gasteiger partial charge >= 0.3 is 0 Å². The predicted octanol–water partition coefficient (Wildman–Crippen LogP) is 2.01. The standard InChI is InChI=1S/C18H28N4O4S/c1-14-10-15(2)13-20(12-14)17-5-4-16(11-18(17)22(23)24)27(25,26)21-8-6-19(3)7-9-21/h4-5,11,14-15H,6-10,12-13H2,1-3H3/t14-,15+. The normalized spacial score (nSPS) is 25.5. The second-order valence-electron chi connectivity index (χ2n) is 7.97. The van der Waals surface area contributed by atoms with Crippen LogP contribution in [0.15, 0.2) is 23.1 Å². The van der Waals surface area contributed by atoms with Crippen LogP contribution in [0.25, 0.3) is 0 Å². The third kappa shape index (κ3) is 4.25. The molecule has 0 amide bonds. The van der Waals surface area contributed by atoms with Crippen LogP contribution in [0.3, 0.4) is 0 Å². The van der Waals surface area contributed by atoms with Gasteiger partial charge in [-0.25, -0.2) is 8.42 Å². The topological polar surface area (TPSA) is 87.0 Å². The number of nitro benzene ring substituents is 1. The first kappa shape index (κ1) is 20.0. The SMILES string of the molecule is C[C@@H]1C[C@H](C)CN(c2ccc(S(=O)(=O)N3CCN(C)CC3)cc2[N+](=O)[O-])C1. The number of piperazine rings is 1. The third-order valence-corrected chi connectivity index (χ3v) is 7.35. The number of sulfonamides is 1. The lowest BCUT2D eigenvalue weighted by molar-refractivity contribution is -0.384. The smallest absolute Gasteiger partial charge is 0.293 e. The van der Waals surface area contributed by atoms with Crippen molar-refractivity contribution in [2.24, 2.45) is 11.8 Å². The van der Waals surface area contributed by atoms with Gasteiger partial charge in [0, 0.05) is 45.3 Å². The number of hydrogen-bond acceptors (Lipinski definition) is 6. The van der Waals surface area contributed by atoms with Gasteiger partial charge in [0.15, 0.2) is 0 Å². The van der Waals surface area contributed by atoms with E-state index in [1.807, 2.05) is 11.9 Å². The first-order valence-electron chi connectivity index (χ1n) is 9.40. The maximum absolute atomic E-state index is 12.9. The minimum absolute atomic E-state index is 0.000564. The zero-order chi connectivity index (χ0) is 19.8. The van der Waals surface area contributed by atoms with Gasteiger partial charge in [0.25, 0.3) is 5.69 Å². The Labute approximate surface area is 160 Å². The van der Waals surface area contributed by atoms with E-state index < -0.39 is 14.9 Å². The van der Waals surface area contributed by atoms with Gasteiger partial charge in [-0.3, -0.25) is 10.1 Å². The molecule has 0 saturated carbocycles. The van der Waals surface area contributed by atoms with Crippen LogP contribution in [-0.2, 0) is 10.0 Å². The van der Waals surface area contributed by atoms with Crippen LogP contribution in [0.2, 0.25) is 0 Å². The van der Waals surface area contributed by atoms with Crippen molar-refractivity contribution in [2.75, 3.05) is 51.2 Å². The highest BCUT2D eigenvalue weighted by Crippen LogP contribution is 2.35. The lowest BCUT2D eigenvalue weighted by Gasteiger charge is -2.36. The second-order valence-corrected chi connectivity index (χ2v) is 9.90. The van der Waals surface area contributed by atoms with E-state index >= 15 is 0 Å². The Hall–Kier alpha value is -1.71. The highest BCUT2D eigenvalue weighted by atomic mass is 32.2. The molecule has 2 aliphatic heterocycles. The van der Waals surface area contributed by atoms with Gasteiger partial charge in [0.2, 0.25) is 10.0 Å². The van der Waals surface area contributed by atoms with Crippen molar-refractivity contribution in [1.29, 1.82) is 0 Å². The Balaban J connectivity index is 1.93. The molecule has 2 heterocycles. The first-order valence-corrected chi connectivity index (χ1v) is 10.8. The largest absolute Gasteiger partial charge is 0.365 e. The Bertz CT molecular complexity index is 796. The van der Waals surface area contributed by atoms with E-state index in [1.54, 1.807) is 6.07 Å². The molecule has 9 heteroatoms. The maximum Gasteiger partial charge on any atom is 0.293 e. The average Bonchev–Trinajstić information content (AvgIpc) is 2.60. The number of likely N-dealkylation sites (N-methyl/N-ethyl adjacent to an activating group) is 1. The summed E-state index contributed by atoms with van der Waals surface area (Å²) in [6.07, 6.45) is 1.10. The molecule has 0 N–H and O–H groups in total. The van der Waals surface area contributed by atoms with Crippen molar-refractivity contribution in [3.8, 4) is 0 Å². The molecule has 2 fully saturated rings. The summed E-state index contributed by atoms with van der Waals surface area (Å²) in [7, 11) is -1.78. The summed E-state index contributed by atoms with van der Waals surface area (Å²) in [6, 6.07) is 4.35. The van der Waals surface area contributed by atoms with Gasteiger partial charge in [0.1, 0.15) is 5.69 Å². The van der Waals surface area contributed by atoms with E-state index in [-0.39, 0.29) is 10.6 Å². The molecule has 0 spiro atoms. The van der Waals surface area contributed by atoms with Crippen molar-refractivity contribution < 1.29 is 13.3 Å². The second kappa shape index (κ2) is 7.73. The van der Waals surface area contributed by atoms with Crippen LogP contribution < -0.4 is 4.90 Å². The Kier molecular flexibility index (Phi) is 5.73. The van der Waals surface area contributed by atoms with Crippen LogP contribution in [0.1, 0.15) is 20.3 Å². The molecule has 0 aromatic heterocycles. The van der Waals surface area contributed by atoms with Gasteiger partial charge in [-0.05, 0) is 37.4 Å². The van der Waals surface area contributed by atoms with Gasteiger partial charge in [0.05, 0.1) is 9.82 Å². The molecule has 27 heavy (non-hydrogen) atoms. The van der Waals surface area contributed by atoms with Gasteiger partial charge < -0.3 is 9.80 Å². The first-order chi connectivity index (χ1) is 12.7. The summed E-state index contributed by atoms with van der Waals surface area (Å²) in [4.78, 5) is 15.3. The predicted molar refractivity (Wildman–Crippen MR) is 105 cm³/mol. The van der Waals surface area contributed by atoms with Crippen molar-refractivity contribution in [3.05, 3.63) is 28.3 Å². The quantitative estimate of drug-likeness (QED) is 0.572. The maximum atomic E-state index is 12.9. The van der Waals surface area contributed by atoms with Crippen LogP contribution in [-0.4, -0.2) is 68.9 Å². The molecule has 0 aliphatic carbocycles. The summed E-state index contributed by atoms with van der Waals surface area (Å²) in [6.45, 7) is 7.88. The van der Waals surface area contributed by atoms with Crippen molar-refractivity contribution in [1.82, 2.24) is 9.21 Å². The molecule has 2 atom stereocenters. The summed E-state index contributed by atoms with van der Waals surface area (Å²) < 4.78 is 27.3. The van der Waals surface area contributed by atoms with Crippen LogP contribution in [0.5, 0.6) is 0 Å². The molecule has 8 nitrogen and oxygen atoms in total. The fourth-order valence-corrected chi connectivity index (χ4v) is 5.56. The summed E-state index contributed by atoms with van der Waals surface area (Å²) in [5, 5.41) is 11.7. The monoisotopic (exact) mass is 396 g/mol. The highest BCUT2D eigenvalue weighted by Gasteiger charge is 2.32. The van der Waals surface area contributed by atoms with E-state index in [2.05, 4.69) is 18.7 Å². The zero-order valence-electron chi connectivity index (χ0n) is 16.2. The molecule has 0 unspecified atom stereocenters. The molecule has 2 aliphatic rings. The van der Waals surface area contributed by atoms with Crippen molar-refractivity contribution in [3.63, 3.8) is 0 Å². The zero-order valence-corrected chi connectivity index (χ0v) is 17.0. The van der Waals surface area contributed by atoms with Crippen LogP contribution >= 0.6 is 0 Å². The fourth-order valence-electron chi connectivity index (χ4n) is 4.11. The number of anilines is 1. The summed E-state index contributed by atoms with van der Waals surface area (Å²) in [5.74, 6) is 0.893. The molecule has 150 valence electrons. The fraction of sp³-hybridized carbons (Fsp3) is 0.667. The Morgan fingerprint density at radius 1 is 1.07 bits per heavy atom. The lowest BCUT2D eigenvalue weighted by atomic mass is 9.91. The molecular formula is C18H28N4O4S. The highest BCUT2D eigenvalue weighted by molar-refractivity contribution is 7.89. The van der Waals surface area contributed by atoms with E-state index in [0.29, 0.717) is 43.7 Å². The number of piperidine rings is 1. The van der Waals surface area contributed by atoms with Crippen molar-refractivity contribution >= 4 is 21.4 Å². The van der Waals surface area contributed by atoms with Gasteiger partial charge in [-0.2, -0.15) is 4.31 Å². The van der Waals surface area contributed by atoms with E-state index in [0.717, 1.165) is 19.5 Å². The van der Waals surface area contributed by atoms with E-state index in [1.165, 1.54) is 16.4 Å². The van der Waals surface area contributed by atoms with Gasteiger partial charge in [-0.1, -0.05) is 13.8 Å². The van der Waals surface area contributed by atoms with E-state index in [4.69, 9.17) is 0 Å². The number of nitro groups is 1. The molecule has 1 aromatic rings. The minimum Gasteiger partial charge on any atom is -0.365 e. The average molecular weight is 397 g/mol. The minimum atomic E-state index is -3.73.